The van der Waals surface area contributed by atoms with Crippen molar-refractivity contribution in [3.63, 3.8) is 0 Å². The molecule has 0 bridgehead atoms. The molecule has 1 heterocycles. The van der Waals surface area contributed by atoms with Gasteiger partial charge < -0.3 is 0 Å². The van der Waals surface area contributed by atoms with E-state index in [1.165, 1.54) is 5.56 Å². The summed E-state index contributed by atoms with van der Waals surface area (Å²) in [6, 6.07) is 15.5. The molecule has 0 aromatic heterocycles. The fourth-order valence-electron chi connectivity index (χ4n) is 10.5. The first kappa shape index (κ1) is 41.7. The molecule has 2 aromatic rings. The fraction of sp³-hybridized carbons (Fsp3) is 0.650. The van der Waals surface area contributed by atoms with E-state index in [0.29, 0.717) is 3.93 Å². The van der Waals surface area contributed by atoms with Gasteiger partial charge in [-0.05, 0) is 0 Å². The monoisotopic (exact) mass is 842 g/mol. The minimum absolute atomic E-state index is 0.229. The third-order valence-electron chi connectivity index (χ3n) is 10.4. The van der Waals surface area contributed by atoms with Gasteiger partial charge in [0, 0.05) is 0 Å². The van der Waals surface area contributed by atoms with Crippen molar-refractivity contribution < 1.29 is 0 Å². The van der Waals surface area contributed by atoms with E-state index in [-0.39, 0.29) is 5.41 Å². The molecule has 0 fully saturated rings. The van der Waals surface area contributed by atoms with E-state index in [1.54, 1.807) is 14.7 Å². The van der Waals surface area contributed by atoms with Crippen LogP contribution in [0.25, 0.3) is 6.08 Å². The second kappa shape index (κ2) is 13.7. The van der Waals surface area contributed by atoms with Gasteiger partial charge in [-0.2, -0.15) is 0 Å². The summed E-state index contributed by atoms with van der Waals surface area (Å²) in [5.74, 6) is 0. The Balaban J connectivity index is 2.76. The third kappa shape index (κ3) is 9.59. The van der Waals surface area contributed by atoms with E-state index in [9.17, 15) is 0 Å². The van der Waals surface area contributed by atoms with Crippen molar-refractivity contribution >= 4 is 75.7 Å². The van der Waals surface area contributed by atoms with Crippen molar-refractivity contribution in [3.8, 4) is 0 Å². The molecular formula is C40H74Si6Sn. The van der Waals surface area contributed by atoms with Crippen LogP contribution in [-0.2, 0) is 0 Å². The topological polar surface area (TPSA) is 0 Å². The fourth-order valence-corrected chi connectivity index (χ4v) is 54.0. The van der Waals surface area contributed by atoms with Crippen molar-refractivity contribution in [2.75, 3.05) is 0 Å². The molecule has 0 N–H and O–H groups in total. The van der Waals surface area contributed by atoms with Crippen molar-refractivity contribution in [1.82, 2.24) is 0 Å². The van der Waals surface area contributed by atoms with Crippen LogP contribution in [0.15, 0.2) is 40.0 Å². The second-order valence-electron chi connectivity index (χ2n) is 22.6. The Morgan fingerprint density at radius 1 is 0.532 bits per heavy atom. The molecule has 1 atom stereocenters. The standard InChI is InChI=1S/C40H74Si6.Sn/c1-40(2,3)27-26-31-24-22-23-25-32(31)28-34-35(38(43(10,11)12)44(13,14)15)29-33(37(41(4,5)6)42(7,8)9)30-36(34)39(45(16,17)18)46(19,20)21;/h22-26,28-30,37-39H,1-21H3;. The number of fused-ring (bicyclic) bond motifs is 1. The maximum atomic E-state index is 2.93. The predicted molar refractivity (Wildman–Crippen MR) is 236 cm³/mol. The minimum atomic E-state index is -1.59. The molecule has 1 unspecified atom stereocenters. The number of allylic oxidation sites excluding steroid dienone is 1. The molecular weight excluding hydrogens is 768 g/mol. The Hall–Kier alpha value is 0.280. The van der Waals surface area contributed by atoms with Gasteiger partial charge in [0.05, 0.1) is 0 Å². The van der Waals surface area contributed by atoms with Gasteiger partial charge in [0.15, 0.2) is 0 Å². The summed E-state index contributed by atoms with van der Waals surface area (Å²) in [5.41, 5.74) is 10.7. The van der Waals surface area contributed by atoms with Crippen LogP contribution < -0.4 is 0 Å². The Labute approximate surface area is 310 Å². The van der Waals surface area contributed by atoms with Crippen LogP contribution in [0.4, 0.5) is 0 Å². The summed E-state index contributed by atoms with van der Waals surface area (Å²) in [4.78, 5) is 0. The van der Waals surface area contributed by atoms with Crippen molar-refractivity contribution in [2.24, 2.45) is 5.41 Å². The van der Waals surface area contributed by atoms with E-state index in [0.717, 1.165) is 15.5 Å². The normalized spacial score (nSPS) is 17.4. The molecule has 47 heavy (non-hydrogen) atoms. The van der Waals surface area contributed by atoms with E-state index in [2.05, 4.69) is 181 Å². The van der Waals surface area contributed by atoms with Crippen LogP contribution >= 0.6 is 0 Å². The van der Waals surface area contributed by atoms with E-state index >= 15 is 0 Å². The van der Waals surface area contributed by atoms with Crippen LogP contribution in [0.5, 0.6) is 0 Å². The van der Waals surface area contributed by atoms with Gasteiger partial charge in [-0.3, -0.25) is 0 Å². The molecule has 262 valence electrons. The van der Waals surface area contributed by atoms with Crippen LogP contribution in [0.3, 0.4) is 0 Å². The van der Waals surface area contributed by atoms with Gasteiger partial charge >= 0.3 is 312 Å². The maximum absolute atomic E-state index is 2.93. The van der Waals surface area contributed by atoms with Crippen molar-refractivity contribution in [1.29, 1.82) is 0 Å². The van der Waals surface area contributed by atoms with Gasteiger partial charge in [-0.1, -0.05) is 0 Å². The molecule has 0 saturated carbocycles. The Morgan fingerprint density at radius 2 is 0.894 bits per heavy atom. The molecule has 0 amide bonds. The van der Waals surface area contributed by atoms with Gasteiger partial charge in [-0.15, -0.1) is 0 Å². The first-order valence-corrected chi connectivity index (χ1v) is 43.1. The van der Waals surface area contributed by atoms with E-state index < -0.39 is 69.6 Å². The SMILES string of the molecule is CC(C)(C)[C]1=Cc2ccccc2[CH](c2c(C([Si](C)(C)C)[Si](C)(C)C)cc(C([Si](C)(C)C)[Si](C)(C)C)cc2C([Si](C)(C)C)[Si](C)(C)C)[Sn]1. The molecule has 2 radical (unpaired) electrons. The van der Waals surface area contributed by atoms with Gasteiger partial charge in [0.1, 0.15) is 0 Å². The summed E-state index contributed by atoms with van der Waals surface area (Å²) < 4.78 is 2.39. The number of rotatable bonds is 10. The van der Waals surface area contributed by atoms with Gasteiger partial charge in [0.2, 0.25) is 0 Å². The molecule has 2 aromatic carbocycles. The Morgan fingerprint density at radius 3 is 1.23 bits per heavy atom. The van der Waals surface area contributed by atoms with Crippen molar-refractivity contribution in [3.05, 3.63) is 73.4 Å². The molecule has 3 rings (SSSR count). The van der Waals surface area contributed by atoms with Gasteiger partial charge in [0.25, 0.3) is 0 Å². The number of hydrogen-bond acceptors (Lipinski definition) is 0. The van der Waals surface area contributed by atoms with Crippen LogP contribution in [0, 0.1) is 5.41 Å². The second-order valence-corrected chi connectivity index (χ2v) is 60.2. The van der Waals surface area contributed by atoms with Crippen molar-refractivity contribution in [2.45, 2.75) is 158 Å². The molecule has 1 aliphatic heterocycles. The number of hydrogen-bond donors (Lipinski definition) is 0. The summed E-state index contributed by atoms with van der Waals surface area (Å²) >= 11 is -0.996. The zero-order chi connectivity index (χ0) is 36.5. The van der Waals surface area contributed by atoms with E-state index in [1.807, 2.05) is 16.7 Å². The molecule has 7 heteroatoms. The molecule has 0 saturated heterocycles. The van der Waals surface area contributed by atoms with E-state index in [4.69, 9.17) is 0 Å². The van der Waals surface area contributed by atoms with Gasteiger partial charge in [-0.25, -0.2) is 0 Å². The average molecular weight is 842 g/mol. The average Bonchev–Trinajstić information content (AvgIpc) is 2.77. The third-order valence-corrected chi connectivity index (χ3v) is 44.3. The molecule has 0 aliphatic carbocycles. The summed E-state index contributed by atoms with van der Waals surface area (Å²) in [7, 11) is -9.37. The Kier molecular flexibility index (Phi) is 12.1. The first-order valence-electron chi connectivity index (χ1n) is 18.5. The van der Waals surface area contributed by atoms with Crippen LogP contribution in [0.1, 0.15) is 73.6 Å². The quantitative estimate of drug-likeness (QED) is 0.209. The predicted octanol–water partition coefficient (Wildman–Crippen LogP) is 13.4. The number of benzene rings is 2. The summed E-state index contributed by atoms with van der Waals surface area (Å²) in [6.45, 7) is 56.1. The molecule has 1 aliphatic rings. The summed E-state index contributed by atoms with van der Waals surface area (Å²) in [5, 5.41) is 2.25. The zero-order valence-corrected chi connectivity index (χ0v) is 43.7. The van der Waals surface area contributed by atoms with Crippen LogP contribution in [-0.4, -0.2) is 69.6 Å². The summed E-state index contributed by atoms with van der Waals surface area (Å²) in [6.07, 6.45) is 2.64. The Bertz CT molecular complexity index is 1360. The van der Waals surface area contributed by atoms with Crippen LogP contribution in [0.2, 0.25) is 118 Å². The zero-order valence-electron chi connectivity index (χ0n) is 34.9. The first-order chi connectivity index (χ1) is 20.8. The molecule has 0 nitrogen and oxygen atoms in total. The molecule has 0 spiro atoms.